The zero-order valence-corrected chi connectivity index (χ0v) is 11.5. The Hall–Kier alpha value is -2.21. The van der Waals surface area contributed by atoms with Crippen LogP contribution in [0.2, 0.25) is 0 Å². The van der Waals surface area contributed by atoms with Gasteiger partial charge in [-0.3, -0.25) is 19.3 Å². The van der Waals surface area contributed by atoms with Crippen molar-refractivity contribution in [2.45, 2.75) is 0 Å². The van der Waals surface area contributed by atoms with Crippen LogP contribution in [-0.4, -0.2) is 61.3 Å². The number of rotatable bonds is 5. The molecule has 0 bridgehead atoms. The summed E-state index contributed by atoms with van der Waals surface area (Å²) in [6, 6.07) is 6.75. The maximum absolute atomic E-state index is 12.1. The molecule has 1 heterocycles. The quantitative estimate of drug-likeness (QED) is 0.766. The molecule has 0 atom stereocenters. The Labute approximate surface area is 117 Å². The van der Waals surface area contributed by atoms with Gasteiger partial charge in [0.15, 0.2) is 0 Å². The van der Waals surface area contributed by atoms with E-state index >= 15 is 0 Å². The number of benzene rings is 1. The lowest BCUT2D eigenvalue weighted by Crippen LogP contribution is -2.41. The summed E-state index contributed by atoms with van der Waals surface area (Å²) in [6.45, 7) is 0.767. The molecule has 0 spiro atoms. The molecule has 3 amide bonds. The zero-order chi connectivity index (χ0) is 14.7. The second-order valence-electron chi connectivity index (χ2n) is 4.65. The van der Waals surface area contributed by atoms with Gasteiger partial charge in [0.25, 0.3) is 11.8 Å². The summed E-state index contributed by atoms with van der Waals surface area (Å²) >= 11 is 0. The molecule has 0 radical (unpaired) electrons. The highest BCUT2D eigenvalue weighted by Crippen LogP contribution is 2.21. The second kappa shape index (κ2) is 5.83. The zero-order valence-electron chi connectivity index (χ0n) is 11.5. The molecule has 2 rings (SSSR count). The smallest absolute Gasteiger partial charge is 0.261 e. The van der Waals surface area contributed by atoms with E-state index in [9.17, 15) is 14.4 Å². The van der Waals surface area contributed by atoms with Gasteiger partial charge < -0.3 is 10.2 Å². The monoisotopic (exact) mass is 275 g/mol. The van der Waals surface area contributed by atoms with Crippen LogP contribution < -0.4 is 5.32 Å². The fourth-order valence-electron chi connectivity index (χ4n) is 2.10. The number of nitrogens with one attached hydrogen (secondary N) is 1. The van der Waals surface area contributed by atoms with Crippen molar-refractivity contribution < 1.29 is 14.4 Å². The molecule has 0 fully saturated rings. The van der Waals surface area contributed by atoms with Gasteiger partial charge in [-0.1, -0.05) is 12.1 Å². The molecule has 1 aliphatic heterocycles. The minimum absolute atomic E-state index is 0.0795. The van der Waals surface area contributed by atoms with Gasteiger partial charge in [-0.15, -0.1) is 0 Å². The van der Waals surface area contributed by atoms with Gasteiger partial charge in [-0.2, -0.15) is 0 Å². The number of imide groups is 1. The Kier molecular flexibility index (Phi) is 4.14. The Balaban J connectivity index is 2.01. The fraction of sp³-hybridized carbons (Fsp3) is 0.357. The molecule has 0 aromatic heterocycles. The van der Waals surface area contributed by atoms with Crippen molar-refractivity contribution in [2.24, 2.45) is 0 Å². The number of amides is 3. The van der Waals surface area contributed by atoms with Crippen LogP contribution >= 0.6 is 0 Å². The minimum atomic E-state index is -0.292. The lowest BCUT2D eigenvalue weighted by Gasteiger charge is -2.20. The third-order valence-electron chi connectivity index (χ3n) is 3.29. The number of hydrogen-bond donors (Lipinski definition) is 1. The number of carbonyl (C=O) groups excluding carboxylic acids is 3. The summed E-state index contributed by atoms with van der Waals surface area (Å²) in [5.74, 6) is -0.663. The molecule has 0 saturated heterocycles. The number of likely N-dealkylation sites (N-methyl/N-ethyl adjacent to an activating group) is 2. The summed E-state index contributed by atoms with van der Waals surface area (Å²) < 4.78 is 0. The highest BCUT2D eigenvalue weighted by molar-refractivity contribution is 6.21. The van der Waals surface area contributed by atoms with Crippen LogP contribution in [0.15, 0.2) is 24.3 Å². The second-order valence-corrected chi connectivity index (χ2v) is 4.65. The van der Waals surface area contributed by atoms with Crippen molar-refractivity contribution in [1.82, 2.24) is 15.1 Å². The van der Waals surface area contributed by atoms with Gasteiger partial charge in [0.05, 0.1) is 17.7 Å². The largest absolute Gasteiger partial charge is 0.343 e. The van der Waals surface area contributed by atoms with Crippen molar-refractivity contribution in [3.8, 4) is 0 Å². The van der Waals surface area contributed by atoms with E-state index in [1.807, 2.05) is 0 Å². The van der Waals surface area contributed by atoms with Gasteiger partial charge in [-0.25, -0.2) is 0 Å². The highest BCUT2D eigenvalue weighted by Gasteiger charge is 2.34. The first-order chi connectivity index (χ1) is 9.56. The van der Waals surface area contributed by atoms with Gasteiger partial charge >= 0.3 is 0 Å². The third kappa shape index (κ3) is 2.55. The fourth-order valence-corrected chi connectivity index (χ4v) is 2.10. The van der Waals surface area contributed by atoms with E-state index in [0.29, 0.717) is 17.7 Å². The van der Waals surface area contributed by atoms with Crippen LogP contribution in [0.5, 0.6) is 0 Å². The maximum atomic E-state index is 12.1. The number of carbonyl (C=O) groups is 3. The van der Waals surface area contributed by atoms with Crippen LogP contribution in [0.3, 0.4) is 0 Å². The van der Waals surface area contributed by atoms with E-state index in [1.165, 1.54) is 9.80 Å². The molecule has 0 unspecified atom stereocenters. The lowest BCUT2D eigenvalue weighted by atomic mass is 10.1. The normalized spacial score (nSPS) is 13.6. The predicted octanol–water partition coefficient (Wildman–Crippen LogP) is -0.0396. The van der Waals surface area contributed by atoms with Crippen LogP contribution in [0.1, 0.15) is 20.7 Å². The molecule has 20 heavy (non-hydrogen) atoms. The van der Waals surface area contributed by atoms with Crippen LogP contribution in [0, 0.1) is 0 Å². The average Bonchev–Trinajstić information content (AvgIpc) is 2.69. The molecule has 6 heteroatoms. The molecule has 1 aromatic rings. The summed E-state index contributed by atoms with van der Waals surface area (Å²) in [7, 11) is 3.34. The molecule has 1 aliphatic rings. The molecule has 0 saturated carbocycles. The topological polar surface area (TPSA) is 69.7 Å². The summed E-state index contributed by atoms with van der Waals surface area (Å²) in [6.07, 6.45) is 0. The van der Waals surface area contributed by atoms with E-state index in [-0.39, 0.29) is 30.8 Å². The van der Waals surface area contributed by atoms with Gasteiger partial charge in [-0.05, 0) is 19.2 Å². The van der Waals surface area contributed by atoms with E-state index in [4.69, 9.17) is 0 Å². The summed E-state index contributed by atoms with van der Waals surface area (Å²) in [5.41, 5.74) is 0.864. The number of fused-ring (bicyclic) bond motifs is 1. The Morgan fingerprint density at radius 1 is 1.20 bits per heavy atom. The maximum Gasteiger partial charge on any atom is 0.261 e. The number of hydrogen-bond acceptors (Lipinski definition) is 4. The van der Waals surface area contributed by atoms with Crippen LogP contribution in [0.25, 0.3) is 0 Å². The molecule has 1 aromatic carbocycles. The average molecular weight is 275 g/mol. The predicted molar refractivity (Wildman–Crippen MR) is 73.4 cm³/mol. The Bertz CT molecular complexity index is 521. The summed E-state index contributed by atoms with van der Waals surface area (Å²) in [5, 5.41) is 2.77. The highest BCUT2D eigenvalue weighted by atomic mass is 16.2. The first-order valence-corrected chi connectivity index (χ1v) is 6.40. The van der Waals surface area contributed by atoms with E-state index in [0.717, 1.165) is 0 Å². The molecular formula is C14H17N3O3. The van der Waals surface area contributed by atoms with Crippen molar-refractivity contribution in [3.05, 3.63) is 35.4 Å². The first-order valence-electron chi connectivity index (χ1n) is 6.40. The summed E-state index contributed by atoms with van der Waals surface area (Å²) in [4.78, 5) is 38.5. The van der Waals surface area contributed by atoms with Gasteiger partial charge in [0, 0.05) is 20.1 Å². The van der Waals surface area contributed by atoms with Crippen molar-refractivity contribution in [2.75, 3.05) is 33.7 Å². The molecular weight excluding hydrogens is 258 g/mol. The lowest BCUT2D eigenvalue weighted by molar-refractivity contribution is -0.128. The molecule has 6 nitrogen and oxygen atoms in total. The van der Waals surface area contributed by atoms with Crippen molar-refractivity contribution in [3.63, 3.8) is 0 Å². The van der Waals surface area contributed by atoms with Crippen LogP contribution in [-0.2, 0) is 4.79 Å². The molecule has 106 valence electrons. The third-order valence-corrected chi connectivity index (χ3v) is 3.29. The van der Waals surface area contributed by atoms with E-state index < -0.39 is 0 Å². The number of nitrogens with zero attached hydrogens (tertiary/aromatic N) is 2. The van der Waals surface area contributed by atoms with E-state index in [2.05, 4.69) is 5.32 Å². The molecule has 0 aliphatic carbocycles. The first kappa shape index (κ1) is 14.2. The van der Waals surface area contributed by atoms with E-state index in [1.54, 1.807) is 38.4 Å². The van der Waals surface area contributed by atoms with Crippen molar-refractivity contribution >= 4 is 17.7 Å². The minimum Gasteiger partial charge on any atom is -0.343 e. The standard InChI is InChI=1S/C14H17N3O3/c1-15-9-12(18)16(2)7-8-17-13(19)10-5-3-4-6-11(10)14(17)20/h3-6,15H,7-9H2,1-2H3. The van der Waals surface area contributed by atoms with Crippen molar-refractivity contribution in [1.29, 1.82) is 0 Å². The SMILES string of the molecule is CNCC(=O)N(C)CCN1C(=O)c2ccccc2C1=O. The van der Waals surface area contributed by atoms with Crippen LogP contribution in [0.4, 0.5) is 0 Å². The van der Waals surface area contributed by atoms with Gasteiger partial charge in [0.1, 0.15) is 0 Å². The Morgan fingerprint density at radius 2 is 1.75 bits per heavy atom. The Morgan fingerprint density at radius 3 is 2.25 bits per heavy atom. The van der Waals surface area contributed by atoms with Gasteiger partial charge in [0.2, 0.25) is 5.91 Å². The molecule has 1 N–H and O–H groups in total.